The summed E-state index contributed by atoms with van der Waals surface area (Å²) in [6.45, 7) is 2.54. The predicted molar refractivity (Wildman–Crippen MR) is 69.6 cm³/mol. The maximum absolute atomic E-state index is 11.5. The van der Waals surface area contributed by atoms with Crippen LogP contribution in [0.5, 0.6) is 0 Å². The van der Waals surface area contributed by atoms with Gasteiger partial charge in [0, 0.05) is 17.3 Å². The maximum Gasteiger partial charge on any atom is 0.411 e. The first-order valence-electron chi connectivity index (χ1n) is 5.35. The van der Waals surface area contributed by atoms with E-state index in [-0.39, 0.29) is 6.10 Å². The molecule has 17 heavy (non-hydrogen) atoms. The Morgan fingerprint density at radius 3 is 2.53 bits per heavy atom. The lowest BCUT2D eigenvalue weighted by atomic mass is 10.3. The van der Waals surface area contributed by atoms with E-state index in [1.165, 1.54) is 0 Å². The van der Waals surface area contributed by atoms with Gasteiger partial charge in [-0.1, -0.05) is 11.6 Å². The lowest BCUT2D eigenvalue weighted by Gasteiger charge is -2.17. The number of halogens is 1. The van der Waals surface area contributed by atoms with Gasteiger partial charge in [0.25, 0.3) is 0 Å². The molecule has 0 aliphatic rings. The molecule has 0 bridgehead atoms. The summed E-state index contributed by atoms with van der Waals surface area (Å²) in [4.78, 5) is 13.5. The molecule has 1 rings (SSSR count). The molecule has 1 aromatic carbocycles. The van der Waals surface area contributed by atoms with Crippen LogP contribution in [0, 0.1) is 0 Å². The van der Waals surface area contributed by atoms with Crippen molar-refractivity contribution in [3.8, 4) is 0 Å². The van der Waals surface area contributed by atoms with Crippen LogP contribution in [0.25, 0.3) is 0 Å². The van der Waals surface area contributed by atoms with Gasteiger partial charge in [-0.15, -0.1) is 0 Å². The zero-order chi connectivity index (χ0) is 12.8. The molecular weight excluding hydrogens is 240 g/mol. The fourth-order valence-electron chi connectivity index (χ4n) is 1.41. The second-order valence-corrected chi connectivity index (χ2v) is 4.55. The van der Waals surface area contributed by atoms with Crippen molar-refractivity contribution < 1.29 is 9.53 Å². The standard InChI is InChI=1S/C12H17ClN2O2/c1-9(8-15(2)3)17-12(16)14-11-6-4-10(13)5-7-11/h4-7,9H,8H2,1-3H3,(H,14,16). The van der Waals surface area contributed by atoms with Crippen molar-refractivity contribution in [2.45, 2.75) is 13.0 Å². The second-order valence-electron chi connectivity index (χ2n) is 4.11. The van der Waals surface area contributed by atoms with Crippen molar-refractivity contribution in [3.05, 3.63) is 29.3 Å². The minimum atomic E-state index is -0.457. The number of amides is 1. The number of hydrogen-bond acceptors (Lipinski definition) is 3. The Kier molecular flexibility index (Phi) is 5.25. The summed E-state index contributed by atoms with van der Waals surface area (Å²) in [5.74, 6) is 0. The van der Waals surface area contributed by atoms with Gasteiger partial charge in [0.15, 0.2) is 0 Å². The third kappa shape index (κ3) is 5.56. The Morgan fingerprint density at radius 2 is 2.00 bits per heavy atom. The Bertz CT molecular complexity index is 365. The molecule has 0 heterocycles. The van der Waals surface area contributed by atoms with E-state index in [9.17, 15) is 4.79 Å². The largest absolute Gasteiger partial charge is 0.445 e. The summed E-state index contributed by atoms with van der Waals surface area (Å²) in [6, 6.07) is 6.86. The van der Waals surface area contributed by atoms with Gasteiger partial charge in [0.1, 0.15) is 6.10 Å². The fourth-order valence-corrected chi connectivity index (χ4v) is 1.54. The van der Waals surface area contributed by atoms with Crippen LogP contribution >= 0.6 is 11.6 Å². The van der Waals surface area contributed by atoms with Crippen molar-refractivity contribution >= 4 is 23.4 Å². The number of anilines is 1. The van der Waals surface area contributed by atoms with E-state index < -0.39 is 6.09 Å². The number of carbonyl (C=O) groups is 1. The molecule has 0 aliphatic carbocycles. The number of carbonyl (C=O) groups excluding carboxylic acids is 1. The van der Waals surface area contributed by atoms with E-state index in [1.54, 1.807) is 24.3 Å². The van der Waals surface area contributed by atoms with Crippen LogP contribution in [0.15, 0.2) is 24.3 Å². The molecule has 1 aromatic rings. The topological polar surface area (TPSA) is 41.6 Å². The number of hydrogen-bond donors (Lipinski definition) is 1. The molecule has 1 N–H and O–H groups in total. The number of nitrogens with one attached hydrogen (secondary N) is 1. The van der Waals surface area contributed by atoms with Crippen molar-refractivity contribution in [1.29, 1.82) is 0 Å². The average Bonchev–Trinajstić information content (AvgIpc) is 2.19. The van der Waals surface area contributed by atoms with E-state index in [2.05, 4.69) is 5.32 Å². The van der Waals surface area contributed by atoms with Gasteiger partial charge in [0.2, 0.25) is 0 Å². The Hall–Kier alpha value is -1.26. The molecule has 0 fully saturated rings. The molecule has 1 amide bonds. The molecule has 0 saturated carbocycles. The highest BCUT2D eigenvalue weighted by molar-refractivity contribution is 6.30. The lowest BCUT2D eigenvalue weighted by molar-refractivity contribution is 0.103. The van der Waals surface area contributed by atoms with Gasteiger partial charge in [-0.25, -0.2) is 4.79 Å². The van der Waals surface area contributed by atoms with Crippen molar-refractivity contribution in [1.82, 2.24) is 4.90 Å². The number of benzene rings is 1. The number of likely N-dealkylation sites (N-methyl/N-ethyl adjacent to an activating group) is 1. The van der Waals surface area contributed by atoms with E-state index >= 15 is 0 Å². The van der Waals surface area contributed by atoms with Gasteiger partial charge in [-0.05, 0) is 45.3 Å². The molecular formula is C12H17ClN2O2. The van der Waals surface area contributed by atoms with Crippen LogP contribution in [-0.4, -0.2) is 37.7 Å². The SMILES string of the molecule is CC(CN(C)C)OC(=O)Nc1ccc(Cl)cc1. The Morgan fingerprint density at radius 1 is 1.41 bits per heavy atom. The molecule has 1 atom stereocenters. The smallest absolute Gasteiger partial charge is 0.411 e. The minimum absolute atomic E-state index is 0.155. The van der Waals surface area contributed by atoms with Crippen molar-refractivity contribution in [2.75, 3.05) is 26.0 Å². The third-order valence-electron chi connectivity index (χ3n) is 2.02. The van der Waals surface area contributed by atoms with Gasteiger partial charge in [0.05, 0.1) is 0 Å². The normalized spacial score (nSPS) is 12.3. The molecule has 0 spiro atoms. The first-order chi connectivity index (χ1) is 7.97. The van der Waals surface area contributed by atoms with Crippen LogP contribution < -0.4 is 5.32 Å². The van der Waals surface area contributed by atoms with Crippen LogP contribution in [-0.2, 0) is 4.74 Å². The van der Waals surface area contributed by atoms with Gasteiger partial charge in [-0.3, -0.25) is 5.32 Å². The fraction of sp³-hybridized carbons (Fsp3) is 0.417. The highest BCUT2D eigenvalue weighted by Gasteiger charge is 2.10. The van der Waals surface area contributed by atoms with Gasteiger partial charge < -0.3 is 9.64 Å². The monoisotopic (exact) mass is 256 g/mol. The van der Waals surface area contributed by atoms with E-state index in [0.717, 1.165) is 0 Å². The zero-order valence-electron chi connectivity index (χ0n) is 10.2. The molecule has 94 valence electrons. The van der Waals surface area contributed by atoms with E-state index in [0.29, 0.717) is 17.3 Å². The van der Waals surface area contributed by atoms with Crippen LogP contribution in [0.1, 0.15) is 6.92 Å². The molecule has 0 radical (unpaired) electrons. The maximum atomic E-state index is 11.5. The highest BCUT2D eigenvalue weighted by atomic mass is 35.5. The summed E-state index contributed by atoms with van der Waals surface area (Å²) >= 11 is 5.74. The molecule has 1 unspecified atom stereocenters. The van der Waals surface area contributed by atoms with Crippen molar-refractivity contribution in [3.63, 3.8) is 0 Å². The Labute approximate surface area is 107 Å². The van der Waals surface area contributed by atoms with Crippen molar-refractivity contribution in [2.24, 2.45) is 0 Å². The van der Waals surface area contributed by atoms with Crippen LogP contribution in [0.4, 0.5) is 10.5 Å². The molecule has 0 aromatic heterocycles. The number of ether oxygens (including phenoxy) is 1. The third-order valence-corrected chi connectivity index (χ3v) is 2.27. The first kappa shape index (κ1) is 13.8. The van der Waals surface area contributed by atoms with Crippen LogP contribution in [0.2, 0.25) is 5.02 Å². The predicted octanol–water partition coefficient (Wildman–Crippen LogP) is 2.84. The quantitative estimate of drug-likeness (QED) is 0.901. The molecule has 5 heteroatoms. The first-order valence-corrected chi connectivity index (χ1v) is 5.73. The Balaban J connectivity index is 2.41. The minimum Gasteiger partial charge on any atom is -0.445 e. The highest BCUT2D eigenvalue weighted by Crippen LogP contribution is 2.13. The molecule has 0 saturated heterocycles. The zero-order valence-corrected chi connectivity index (χ0v) is 11.0. The van der Waals surface area contributed by atoms with E-state index in [1.807, 2.05) is 25.9 Å². The average molecular weight is 257 g/mol. The van der Waals surface area contributed by atoms with Crippen LogP contribution in [0.3, 0.4) is 0 Å². The molecule has 4 nitrogen and oxygen atoms in total. The summed E-state index contributed by atoms with van der Waals surface area (Å²) in [5.41, 5.74) is 0.663. The lowest BCUT2D eigenvalue weighted by Crippen LogP contribution is -2.29. The van der Waals surface area contributed by atoms with E-state index in [4.69, 9.17) is 16.3 Å². The van der Waals surface area contributed by atoms with Gasteiger partial charge >= 0.3 is 6.09 Å². The van der Waals surface area contributed by atoms with Gasteiger partial charge in [-0.2, -0.15) is 0 Å². The summed E-state index contributed by atoms with van der Waals surface area (Å²) in [5, 5.41) is 3.26. The molecule has 0 aliphatic heterocycles. The second kappa shape index (κ2) is 6.47. The summed E-state index contributed by atoms with van der Waals surface area (Å²) in [7, 11) is 3.86. The number of rotatable bonds is 4. The summed E-state index contributed by atoms with van der Waals surface area (Å²) < 4.78 is 5.17. The number of nitrogens with zero attached hydrogens (tertiary/aromatic N) is 1. The summed E-state index contributed by atoms with van der Waals surface area (Å²) in [6.07, 6.45) is -0.612.